The Labute approximate surface area is 227 Å². The van der Waals surface area contributed by atoms with Crippen molar-refractivity contribution in [1.82, 2.24) is 14.9 Å². The van der Waals surface area contributed by atoms with Crippen LogP contribution in [0.15, 0.2) is 18.5 Å². The fourth-order valence-electron chi connectivity index (χ4n) is 4.88. The van der Waals surface area contributed by atoms with E-state index >= 15 is 0 Å². The van der Waals surface area contributed by atoms with Gasteiger partial charge in [-0.15, -0.1) is 0 Å². The van der Waals surface area contributed by atoms with Crippen molar-refractivity contribution >= 4 is 17.9 Å². The summed E-state index contributed by atoms with van der Waals surface area (Å²) in [5.41, 5.74) is 0.437. The maximum atomic E-state index is 10.6. The number of carboxylic acid groups (broad SMARTS) is 2. The van der Waals surface area contributed by atoms with Gasteiger partial charge in [0.15, 0.2) is 0 Å². The van der Waals surface area contributed by atoms with Gasteiger partial charge in [0.05, 0.1) is 12.6 Å². The summed E-state index contributed by atoms with van der Waals surface area (Å²) in [4.78, 5) is 32.1. The zero-order valence-corrected chi connectivity index (χ0v) is 21.8. The van der Waals surface area contributed by atoms with Crippen LogP contribution >= 0.6 is 0 Å². The topological polar surface area (TPSA) is 116 Å². The van der Waals surface area contributed by atoms with Crippen LogP contribution < -0.4 is 4.90 Å². The first kappa shape index (κ1) is 31.8. The van der Waals surface area contributed by atoms with Crippen LogP contribution in [0, 0.1) is 17.3 Å². The summed E-state index contributed by atoms with van der Waals surface area (Å²) in [5.74, 6) is -2.78. The molecule has 2 N–H and O–H groups in total. The SMILES string of the molecule is O=C(O)C(F)(F)F.O=C(O)C(F)(F)F.c1cnc(N2CC3(CCN(CC4CC4)CC3)CC2COCC2CC2)nc1. The summed E-state index contributed by atoms with van der Waals surface area (Å²) in [7, 11) is 0. The van der Waals surface area contributed by atoms with Crippen molar-refractivity contribution < 1.29 is 50.9 Å². The fourth-order valence-corrected chi connectivity index (χ4v) is 4.88. The number of nitrogens with zero attached hydrogens (tertiary/aromatic N) is 4. The molecule has 1 spiro atoms. The number of hydrogen-bond donors (Lipinski definition) is 2. The molecule has 3 heterocycles. The van der Waals surface area contributed by atoms with Gasteiger partial charge >= 0.3 is 24.3 Å². The minimum Gasteiger partial charge on any atom is -0.475 e. The van der Waals surface area contributed by atoms with Crippen LogP contribution in [-0.2, 0) is 14.3 Å². The smallest absolute Gasteiger partial charge is 0.475 e. The number of piperidine rings is 1. The van der Waals surface area contributed by atoms with E-state index in [1.54, 1.807) is 0 Å². The molecule has 15 heteroatoms. The zero-order chi connectivity index (χ0) is 29.6. The third-order valence-corrected chi connectivity index (χ3v) is 7.40. The number of aliphatic carboxylic acids is 2. The van der Waals surface area contributed by atoms with Gasteiger partial charge in [-0.2, -0.15) is 26.3 Å². The van der Waals surface area contributed by atoms with Gasteiger partial charge in [0.25, 0.3) is 0 Å². The van der Waals surface area contributed by atoms with Gasteiger partial charge in [-0.25, -0.2) is 19.6 Å². The number of ether oxygens (including phenoxy) is 1. The molecule has 0 radical (unpaired) electrons. The maximum Gasteiger partial charge on any atom is 0.490 e. The van der Waals surface area contributed by atoms with Crippen LogP contribution in [-0.4, -0.2) is 94.8 Å². The minimum absolute atomic E-state index is 0.436. The molecule has 226 valence electrons. The first-order valence-corrected chi connectivity index (χ1v) is 13.1. The quantitative estimate of drug-likeness (QED) is 0.454. The van der Waals surface area contributed by atoms with E-state index in [1.807, 2.05) is 18.5 Å². The molecular formula is C25H34F6N4O5. The molecule has 0 aromatic carbocycles. The molecule has 0 amide bonds. The number of aromatic nitrogens is 2. The summed E-state index contributed by atoms with van der Waals surface area (Å²) in [6, 6.07) is 2.34. The number of hydrogen-bond acceptors (Lipinski definition) is 7. The van der Waals surface area contributed by atoms with Crippen molar-refractivity contribution in [2.45, 2.75) is 63.3 Å². The van der Waals surface area contributed by atoms with E-state index in [0.717, 1.165) is 37.5 Å². The number of rotatable bonds is 7. The van der Waals surface area contributed by atoms with Gasteiger partial charge in [-0.1, -0.05) is 0 Å². The summed E-state index contributed by atoms with van der Waals surface area (Å²) in [6.07, 6.45) is 3.09. The number of alkyl halides is 6. The predicted octanol–water partition coefficient (Wildman–Crippen LogP) is 4.24. The van der Waals surface area contributed by atoms with Crippen molar-refractivity contribution in [3.63, 3.8) is 0 Å². The second-order valence-corrected chi connectivity index (χ2v) is 10.9. The highest BCUT2D eigenvalue weighted by molar-refractivity contribution is 5.73. The van der Waals surface area contributed by atoms with Crippen molar-refractivity contribution in [2.75, 3.05) is 44.3 Å². The molecule has 1 aromatic heterocycles. The molecule has 2 aliphatic heterocycles. The molecule has 4 fully saturated rings. The summed E-state index contributed by atoms with van der Waals surface area (Å²) >= 11 is 0. The van der Waals surface area contributed by atoms with Crippen molar-refractivity contribution in [3.05, 3.63) is 18.5 Å². The van der Waals surface area contributed by atoms with E-state index in [2.05, 4.69) is 19.8 Å². The third kappa shape index (κ3) is 10.4. The number of likely N-dealkylation sites (tertiary alicyclic amines) is 1. The molecule has 9 nitrogen and oxygen atoms in total. The Kier molecular flexibility index (Phi) is 10.6. The molecule has 2 aliphatic carbocycles. The van der Waals surface area contributed by atoms with Gasteiger partial charge in [-0.05, 0) is 81.4 Å². The van der Waals surface area contributed by atoms with E-state index in [9.17, 15) is 26.3 Å². The van der Waals surface area contributed by atoms with E-state index in [4.69, 9.17) is 24.5 Å². The van der Waals surface area contributed by atoms with E-state index in [1.165, 1.54) is 64.6 Å². The van der Waals surface area contributed by atoms with Crippen LogP contribution in [0.5, 0.6) is 0 Å². The molecule has 2 saturated heterocycles. The van der Waals surface area contributed by atoms with Crippen LogP contribution in [0.25, 0.3) is 0 Å². The first-order valence-electron chi connectivity index (χ1n) is 13.1. The lowest BCUT2D eigenvalue weighted by atomic mass is 9.76. The molecular weight excluding hydrogens is 550 g/mol. The lowest BCUT2D eigenvalue weighted by Gasteiger charge is -2.39. The normalized spacial score (nSPS) is 22.6. The Balaban J connectivity index is 0.000000263. The van der Waals surface area contributed by atoms with Crippen LogP contribution in [0.3, 0.4) is 0 Å². The number of carbonyl (C=O) groups is 2. The van der Waals surface area contributed by atoms with Crippen LogP contribution in [0.2, 0.25) is 0 Å². The van der Waals surface area contributed by atoms with E-state index in [-0.39, 0.29) is 0 Å². The second-order valence-electron chi connectivity index (χ2n) is 10.9. The highest BCUT2D eigenvalue weighted by atomic mass is 19.4. The van der Waals surface area contributed by atoms with Crippen molar-refractivity contribution in [2.24, 2.45) is 17.3 Å². The van der Waals surface area contributed by atoms with Crippen molar-refractivity contribution in [3.8, 4) is 0 Å². The van der Waals surface area contributed by atoms with Gasteiger partial charge in [0.2, 0.25) is 5.95 Å². The molecule has 40 heavy (non-hydrogen) atoms. The number of carboxylic acids is 2. The summed E-state index contributed by atoms with van der Waals surface area (Å²) < 4.78 is 69.6. The summed E-state index contributed by atoms with van der Waals surface area (Å²) in [6.45, 7) is 6.77. The summed E-state index contributed by atoms with van der Waals surface area (Å²) in [5, 5.41) is 14.2. The Hall–Kier alpha value is -2.68. The van der Waals surface area contributed by atoms with Gasteiger partial charge in [-0.3, -0.25) is 0 Å². The van der Waals surface area contributed by atoms with Gasteiger partial charge in [0, 0.05) is 32.1 Å². The van der Waals surface area contributed by atoms with Crippen molar-refractivity contribution in [1.29, 1.82) is 0 Å². The average molecular weight is 585 g/mol. The van der Waals surface area contributed by atoms with Gasteiger partial charge < -0.3 is 24.7 Å². The third-order valence-electron chi connectivity index (χ3n) is 7.40. The predicted molar refractivity (Wildman–Crippen MR) is 130 cm³/mol. The van der Waals surface area contributed by atoms with Crippen LogP contribution in [0.1, 0.15) is 44.9 Å². The van der Waals surface area contributed by atoms with Gasteiger partial charge in [0.1, 0.15) is 0 Å². The molecule has 2 saturated carbocycles. The maximum absolute atomic E-state index is 10.6. The molecule has 4 aliphatic rings. The van der Waals surface area contributed by atoms with Crippen LogP contribution in [0.4, 0.5) is 32.3 Å². The highest BCUT2D eigenvalue weighted by Gasteiger charge is 2.47. The first-order chi connectivity index (χ1) is 18.7. The minimum atomic E-state index is -5.08. The Morgan fingerprint density at radius 1 is 0.900 bits per heavy atom. The fraction of sp³-hybridized carbons (Fsp3) is 0.760. The molecule has 1 atom stereocenters. The van der Waals surface area contributed by atoms with E-state index < -0.39 is 24.3 Å². The molecule has 1 unspecified atom stereocenters. The largest absolute Gasteiger partial charge is 0.490 e. The lowest BCUT2D eigenvalue weighted by Crippen LogP contribution is -2.42. The van der Waals surface area contributed by atoms with E-state index in [0.29, 0.717) is 11.5 Å². The average Bonchev–Trinajstić information content (AvgIpc) is 3.81. The second kappa shape index (κ2) is 13.3. The molecule has 5 rings (SSSR count). The Morgan fingerprint density at radius 3 is 1.85 bits per heavy atom. The molecule has 0 bridgehead atoms. The highest BCUT2D eigenvalue weighted by Crippen LogP contribution is 2.45. The number of anilines is 1. The standard InChI is InChI=1S/C21H32N4O.2C2HF3O2/c1-8-22-20(23-9-1)25-16-21(12-19(25)15-26-14-18-4-5-18)6-10-24(11-7-21)13-17-2-3-17;2*3-2(4,5)1(6)7/h1,8-9,17-19H,2-7,10-16H2;2*(H,6,7). The Morgan fingerprint density at radius 2 is 1.40 bits per heavy atom. The number of halogens is 6. The Bertz CT molecular complexity index is 941. The zero-order valence-electron chi connectivity index (χ0n) is 21.8. The molecule has 1 aromatic rings. The monoisotopic (exact) mass is 584 g/mol. The lowest BCUT2D eigenvalue weighted by molar-refractivity contribution is -0.193.